The first kappa shape index (κ1) is 12.4. The summed E-state index contributed by atoms with van der Waals surface area (Å²) in [5.41, 5.74) is 1.51. The fourth-order valence-electron chi connectivity index (χ4n) is 2.18. The number of benzene rings is 2. The predicted octanol–water partition coefficient (Wildman–Crippen LogP) is 3.07. The lowest BCUT2D eigenvalue weighted by molar-refractivity contribution is 0.480. The quantitative estimate of drug-likeness (QED) is 0.773. The van der Waals surface area contributed by atoms with Crippen LogP contribution in [0.25, 0.3) is 22.3 Å². The van der Waals surface area contributed by atoms with Crippen molar-refractivity contribution in [2.24, 2.45) is 0 Å². The molecule has 4 heteroatoms. The number of hydrogen-bond acceptors (Lipinski definition) is 4. The van der Waals surface area contributed by atoms with Gasteiger partial charge in [-0.3, -0.25) is 0 Å². The molecule has 3 aromatic rings. The molecule has 0 bridgehead atoms. The lowest BCUT2D eigenvalue weighted by atomic mass is 10.1. The van der Waals surface area contributed by atoms with Gasteiger partial charge in [0.1, 0.15) is 17.1 Å². The molecule has 2 aromatic carbocycles. The van der Waals surface area contributed by atoms with Gasteiger partial charge in [-0.15, -0.1) is 0 Å². The molecule has 1 aromatic heterocycles. The number of aromatic nitrogens is 2. The minimum atomic E-state index is 0.171. The average molecular weight is 265 g/mol. The summed E-state index contributed by atoms with van der Waals surface area (Å²) in [6.07, 6.45) is 0. The van der Waals surface area contributed by atoms with Crippen LogP contribution in [0.15, 0.2) is 48.5 Å². The molecule has 3 rings (SSSR count). The molecular formula is C16H15N3O. The minimum Gasteiger partial charge on any atom is -0.506 e. The highest BCUT2D eigenvalue weighted by Crippen LogP contribution is 2.31. The Morgan fingerprint density at radius 3 is 2.35 bits per heavy atom. The Morgan fingerprint density at radius 1 is 0.900 bits per heavy atom. The number of nitrogens with zero attached hydrogens (tertiary/aromatic N) is 3. The molecule has 0 saturated heterocycles. The van der Waals surface area contributed by atoms with Crippen LogP contribution in [0.4, 0.5) is 5.82 Å². The fourth-order valence-corrected chi connectivity index (χ4v) is 2.18. The zero-order chi connectivity index (χ0) is 14.1. The molecule has 0 aliphatic heterocycles. The van der Waals surface area contributed by atoms with E-state index in [1.54, 1.807) is 12.1 Å². The van der Waals surface area contributed by atoms with Crippen molar-refractivity contribution < 1.29 is 5.11 Å². The summed E-state index contributed by atoms with van der Waals surface area (Å²) in [5.74, 6) is 1.58. The molecule has 0 atom stereocenters. The van der Waals surface area contributed by atoms with Gasteiger partial charge in [0.25, 0.3) is 0 Å². The summed E-state index contributed by atoms with van der Waals surface area (Å²) in [5, 5.41) is 10.9. The van der Waals surface area contributed by atoms with Gasteiger partial charge in [-0.1, -0.05) is 36.4 Å². The van der Waals surface area contributed by atoms with E-state index in [9.17, 15) is 5.11 Å². The average Bonchev–Trinajstić information content (AvgIpc) is 2.47. The van der Waals surface area contributed by atoms with Gasteiger partial charge in [-0.25, -0.2) is 9.97 Å². The van der Waals surface area contributed by atoms with Crippen molar-refractivity contribution in [3.63, 3.8) is 0 Å². The molecule has 0 aliphatic rings. The van der Waals surface area contributed by atoms with E-state index in [1.807, 2.05) is 55.4 Å². The SMILES string of the molecule is CN(C)c1nc(-c2ccccc2)nc2c(O)cccc12. The van der Waals surface area contributed by atoms with Crippen LogP contribution in [0.2, 0.25) is 0 Å². The van der Waals surface area contributed by atoms with E-state index < -0.39 is 0 Å². The Bertz CT molecular complexity index is 754. The van der Waals surface area contributed by atoms with Crippen molar-refractivity contribution in [2.45, 2.75) is 0 Å². The maximum Gasteiger partial charge on any atom is 0.162 e. The van der Waals surface area contributed by atoms with Crippen LogP contribution in [0, 0.1) is 0 Å². The molecule has 100 valence electrons. The number of phenols is 1. The first-order chi connectivity index (χ1) is 9.66. The summed E-state index contributed by atoms with van der Waals surface area (Å²) >= 11 is 0. The molecule has 1 heterocycles. The molecule has 1 N–H and O–H groups in total. The smallest absolute Gasteiger partial charge is 0.162 e. The van der Waals surface area contributed by atoms with Crippen molar-refractivity contribution >= 4 is 16.7 Å². The molecule has 0 fully saturated rings. The monoisotopic (exact) mass is 265 g/mol. The van der Waals surface area contributed by atoms with Gasteiger partial charge in [0.05, 0.1) is 0 Å². The largest absolute Gasteiger partial charge is 0.506 e. The van der Waals surface area contributed by atoms with Crippen LogP contribution in [0.1, 0.15) is 0 Å². The summed E-state index contributed by atoms with van der Waals surface area (Å²) in [4.78, 5) is 11.0. The fraction of sp³-hybridized carbons (Fsp3) is 0.125. The van der Waals surface area contributed by atoms with Gasteiger partial charge < -0.3 is 10.0 Å². The summed E-state index contributed by atoms with van der Waals surface area (Å²) < 4.78 is 0. The normalized spacial score (nSPS) is 10.7. The van der Waals surface area contributed by atoms with Crippen LogP contribution in [0.3, 0.4) is 0 Å². The highest BCUT2D eigenvalue weighted by Gasteiger charge is 2.12. The maximum atomic E-state index is 10.0. The van der Waals surface area contributed by atoms with E-state index in [4.69, 9.17) is 0 Å². The number of anilines is 1. The lowest BCUT2D eigenvalue weighted by Gasteiger charge is -2.15. The van der Waals surface area contributed by atoms with Crippen molar-refractivity contribution in [1.82, 2.24) is 9.97 Å². The van der Waals surface area contributed by atoms with E-state index >= 15 is 0 Å². The van der Waals surface area contributed by atoms with Gasteiger partial charge in [0.15, 0.2) is 5.82 Å². The van der Waals surface area contributed by atoms with Gasteiger partial charge in [0, 0.05) is 25.0 Å². The van der Waals surface area contributed by atoms with Gasteiger partial charge >= 0.3 is 0 Å². The van der Waals surface area contributed by atoms with E-state index in [2.05, 4.69) is 9.97 Å². The molecule has 0 saturated carbocycles. The number of aromatic hydroxyl groups is 1. The Morgan fingerprint density at radius 2 is 1.65 bits per heavy atom. The molecule has 0 radical (unpaired) electrons. The van der Waals surface area contributed by atoms with Crippen molar-refractivity contribution in [3.8, 4) is 17.1 Å². The molecule has 0 amide bonds. The van der Waals surface area contributed by atoms with Gasteiger partial charge in [-0.05, 0) is 12.1 Å². The van der Waals surface area contributed by atoms with Crippen LogP contribution in [-0.2, 0) is 0 Å². The van der Waals surface area contributed by atoms with Crippen LogP contribution < -0.4 is 4.90 Å². The minimum absolute atomic E-state index is 0.171. The van der Waals surface area contributed by atoms with Crippen molar-refractivity contribution in [3.05, 3.63) is 48.5 Å². The second-order valence-corrected chi connectivity index (χ2v) is 4.80. The molecule has 20 heavy (non-hydrogen) atoms. The number of para-hydroxylation sites is 1. The van der Waals surface area contributed by atoms with Gasteiger partial charge in [-0.2, -0.15) is 0 Å². The third-order valence-corrected chi connectivity index (χ3v) is 3.14. The third-order valence-electron chi connectivity index (χ3n) is 3.14. The van der Waals surface area contributed by atoms with Crippen LogP contribution >= 0.6 is 0 Å². The van der Waals surface area contributed by atoms with Crippen LogP contribution in [-0.4, -0.2) is 29.2 Å². The lowest BCUT2D eigenvalue weighted by Crippen LogP contribution is -2.12. The molecule has 0 aliphatic carbocycles. The predicted molar refractivity (Wildman–Crippen MR) is 81.0 cm³/mol. The zero-order valence-electron chi connectivity index (χ0n) is 11.4. The third kappa shape index (κ3) is 2.05. The second kappa shape index (κ2) is 4.81. The van der Waals surface area contributed by atoms with Gasteiger partial charge in [0.2, 0.25) is 0 Å². The van der Waals surface area contributed by atoms with Crippen molar-refractivity contribution in [1.29, 1.82) is 0 Å². The molecule has 0 unspecified atom stereocenters. The van der Waals surface area contributed by atoms with E-state index in [-0.39, 0.29) is 5.75 Å². The van der Waals surface area contributed by atoms with Crippen LogP contribution in [0.5, 0.6) is 5.75 Å². The first-order valence-corrected chi connectivity index (χ1v) is 6.39. The zero-order valence-corrected chi connectivity index (χ0v) is 11.4. The summed E-state index contributed by atoms with van der Waals surface area (Å²) in [6, 6.07) is 15.1. The standard InChI is InChI=1S/C16H15N3O/c1-19(2)16-12-9-6-10-13(20)14(12)17-15(18-16)11-7-4-3-5-8-11/h3-10,20H,1-2H3. The van der Waals surface area contributed by atoms with E-state index in [1.165, 1.54) is 0 Å². The number of fused-ring (bicyclic) bond motifs is 1. The molecule has 4 nitrogen and oxygen atoms in total. The topological polar surface area (TPSA) is 49.2 Å². The Kier molecular flexibility index (Phi) is 2.99. The highest BCUT2D eigenvalue weighted by molar-refractivity contribution is 5.94. The molecular weight excluding hydrogens is 250 g/mol. The first-order valence-electron chi connectivity index (χ1n) is 6.39. The highest BCUT2D eigenvalue weighted by atomic mass is 16.3. The maximum absolute atomic E-state index is 10.0. The summed E-state index contributed by atoms with van der Waals surface area (Å²) in [7, 11) is 3.86. The van der Waals surface area contributed by atoms with E-state index in [0.717, 1.165) is 16.8 Å². The number of rotatable bonds is 2. The second-order valence-electron chi connectivity index (χ2n) is 4.80. The Labute approximate surface area is 117 Å². The number of hydrogen-bond donors (Lipinski definition) is 1. The summed E-state index contributed by atoms with van der Waals surface area (Å²) in [6.45, 7) is 0. The van der Waals surface area contributed by atoms with E-state index in [0.29, 0.717) is 11.3 Å². The Hall–Kier alpha value is -2.62. The molecule has 0 spiro atoms. The van der Waals surface area contributed by atoms with Crippen molar-refractivity contribution in [2.75, 3.05) is 19.0 Å². The number of phenolic OH excluding ortho intramolecular Hbond substituents is 1. The Balaban J connectivity index is 2.33.